The quantitative estimate of drug-likeness (QED) is 0.225. The molecular weight excluding hydrogens is 516 g/mol. The molecule has 0 aliphatic heterocycles. The molecule has 230 valence electrons. The lowest BCUT2D eigenvalue weighted by Crippen LogP contribution is -2.32. The van der Waals surface area contributed by atoms with Crippen molar-refractivity contribution in [1.82, 2.24) is 4.72 Å². The van der Waals surface area contributed by atoms with Crippen molar-refractivity contribution in [2.45, 2.75) is 114 Å². The van der Waals surface area contributed by atoms with Gasteiger partial charge in [0.25, 0.3) is 0 Å². The number of fused-ring (bicyclic) bond motifs is 3. The van der Waals surface area contributed by atoms with Gasteiger partial charge in [0.1, 0.15) is 11.8 Å². The highest BCUT2D eigenvalue weighted by Crippen LogP contribution is 2.36. The number of nitrogens with zero attached hydrogens (tertiary/aromatic N) is 1. The summed E-state index contributed by atoms with van der Waals surface area (Å²) in [5.41, 5.74) is 5.71. The van der Waals surface area contributed by atoms with E-state index in [-0.39, 0.29) is 39.7 Å². The molecule has 0 heterocycles. The van der Waals surface area contributed by atoms with Crippen LogP contribution in [-0.2, 0) is 14.9 Å². The number of rotatable bonds is 7. The van der Waals surface area contributed by atoms with E-state index in [1.165, 1.54) is 17.5 Å². The fraction of sp³-hybridized carbons (Fsp3) is 0.559. The van der Waals surface area contributed by atoms with Crippen LogP contribution in [0.15, 0.2) is 66.8 Å². The fourth-order valence-electron chi connectivity index (χ4n) is 3.53. The SMILES string of the molecule is C.C.C.C=C.CC(C)NS(=O)(=O)C1CC1.CC(C)ON=C1c2ccccc2-c2ccccc21.CC[C@H](C)C(C)C. The molecule has 0 amide bonds. The van der Waals surface area contributed by atoms with Gasteiger partial charge in [-0.1, -0.05) is 110 Å². The molecule has 5 nitrogen and oxygen atoms in total. The Morgan fingerprint density at radius 2 is 1.23 bits per heavy atom. The summed E-state index contributed by atoms with van der Waals surface area (Å²) in [5.74, 6) is 1.77. The van der Waals surface area contributed by atoms with Crippen LogP contribution in [0.4, 0.5) is 0 Å². The van der Waals surface area contributed by atoms with Gasteiger partial charge in [-0.15, -0.1) is 13.2 Å². The number of oxime groups is 1. The Balaban J connectivity index is -0.000000537. The lowest BCUT2D eigenvalue weighted by molar-refractivity contribution is 0.0863. The van der Waals surface area contributed by atoms with Crippen LogP contribution in [0.2, 0.25) is 0 Å². The van der Waals surface area contributed by atoms with Crippen molar-refractivity contribution in [2.75, 3.05) is 0 Å². The Bertz CT molecular complexity index is 1040. The average molecular weight is 577 g/mol. The van der Waals surface area contributed by atoms with Crippen LogP contribution >= 0.6 is 0 Å². The van der Waals surface area contributed by atoms with Gasteiger partial charge < -0.3 is 4.84 Å². The van der Waals surface area contributed by atoms with Gasteiger partial charge in [0.15, 0.2) is 0 Å². The summed E-state index contributed by atoms with van der Waals surface area (Å²) in [6.07, 6.45) is 3.08. The summed E-state index contributed by atoms with van der Waals surface area (Å²) in [6, 6.07) is 16.7. The number of benzene rings is 2. The maximum Gasteiger partial charge on any atom is 0.214 e. The molecule has 2 aliphatic rings. The molecule has 2 aliphatic carbocycles. The number of hydrogen-bond donors (Lipinski definition) is 1. The van der Waals surface area contributed by atoms with Crippen molar-refractivity contribution in [3.8, 4) is 11.1 Å². The maximum atomic E-state index is 11.1. The van der Waals surface area contributed by atoms with Gasteiger partial charge in [0.2, 0.25) is 10.0 Å². The average Bonchev–Trinajstić information content (AvgIpc) is 3.68. The van der Waals surface area contributed by atoms with Crippen molar-refractivity contribution < 1.29 is 13.3 Å². The van der Waals surface area contributed by atoms with Gasteiger partial charge in [0.05, 0.1) is 5.25 Å². The second-order valence-corrected chi connectivity index (χ2v) is 12.3. The molecule has 40 heavy (non-hydrogen) atoms. The Morgan fingerprint density at radius 1 is 0.825 bits per heavy atom. The van der Waals surface area contributed by atoms with Crippen LogP contribution in [-0.4, -0.2) is 31.5 Å². The molecule has 2 aromatic carbocycles. The monoisotopic (exact) mass is 576 g/mol. The molecule has 6 heteroatoms. The molecule has 0 aromatic heterocycles. The van der Waals surface area contributed by atoms with Crippen LogP contribution in [0.25, 0.3) is 11.1 Å². The van der Waals surface area contributed by atoms with Crippen LogP contribution < -0.4 is 4.72 Å². The first-order valence-electron chi connectivity index (χ1n) is 13.4. The molecule has 0 radical (unpaired) electrons. The van der Waals surface area contributed by atoms with E-state index >= 15 is 0 Å². The minimum atomic E-state index is -2.94. The predicted molar refractivity (Wildman–Crippen MR) is 180 cm³/mol. The molecule has 0 saturated heterocycles. The zero-order chi connectivity index (χ0) is 28.2. The maximum absolute atomic E-state index is 11.1. The second-order valence-electron chi connectivity index (χ2n) is 10.3. The number of sulfonamides is 1. The predicted octanol–water partition coefficient (Wildman–Crippen LogP) is 9.72. The van der Waals surface area contributed by atoms with Crippen molar-refractivity contribution >= 4 is 15.7 Å². The first-order valence-corrected chi connectivity index (χ1v) is 15.0. The second kappa shape index (κ2) is 20.4. The molecule has 1 fully saturated rings. The molecular formula is C34H60N2O3S. The molecule has 1 saturated carbocycles. The van der Waals surface area contributed by atoms with Crippen LogP contribution in [0.3, 0.4) is 0 Å². The largest absolute Gasteiger partial charge is 0.393 e. The number of nitrogens with one attached hydrogen (secondary N) is 1. The summed E-state index contributed by atoms with van der Waals surface area (Å²) < 4.78 is 24.7. The zero-order valence-corrected chi connectivity index (χ0v) is 24.9. The normalized spacial score (nSPS) is 13.2. The fourth-order valence-corrected chi connectivity index (χ4v) is 5.13. The summed E-state index contributed by atoms with van der Waals surface area (Å²) in [4.78, 5) is 5.43. The van der Waals surface area contributed by atoms with Gasteiger partial charge in [-0.2, -0.15) is 0 Å². The van der Waals surface area contributed by atoms with E-state index in [9.17, 15) is 8.42 Å². The smallest absolute Gasteiger partial charge is 0.214 e. The Labute approximate surface area is 248 Å². The van der Waals surface area contributed by atoms with E-state index in [1.807, 2.05) is 39.8 Å². The van der Waals surface area contributed by atoms with Gasteiger partial charge >= 0.3 is 0 Å². The third-order valence-corrected chi connectivity index (χ3v) is 8.30. The highest BCUT2D eigenvalue weighted by atomic mass is 32.2. The summed E-state index contributed by atoms with van der Waals surface area (Å²) in [7, 11) is -2.94. The summed E-state index contributed by atoms with van der Waals surface area (Å²) >= 11 is 0. The van der Waals surface area contributed by atoms with Gasteiger partial charge in [-0.3, -0.25) is 0 Å². The van der Waals surface area contributed by atoms with Crippen molar-refractivity contribution in [2.24, 2.45) is 17.0 Å². The van der Waals surface area contributed by atoms with Crippen LogP contribution in [0, 0.1) is 11.8 Å². The van der Waals surface area contributed by atoms with Crippen LogP contribution in [0.5, 0.6) is 0 Å². The van der Waals surface area contributed by atoms with E-state index in [0.717, 1.165) is 41.5 Å². The van der Waals surface area contributed by atoms with Gasteiger partial charge in [0, 0.05) is 17.2 Å². The van der Waals surface area contributed by atoms with Gasteiger partial charge in [-0.25, -0.2) is 13.1 Å². The molecule has 0 spiro atoms. The standard InChI is InChI=1S/C16H15NO.C7H16.C6H13NO2S.C2H4.3CH4/c1-11(2)18-17-16-14-9-5-3-7-12(14)13-8-4-6-10-15(13)16;1-5-7(4)6(2)3;1-5(2)7-10(8,9)6-3-4-6;1-2;;;/h3-11H,1-2H3;6-7H,5H2,1-4H3;5-7H,3-4H2,1-2H3;1-2H2;3*1H4/t;7-;;;;;/m.0...../s1. The third kappa shape index (κ3) is 13.3. The molecule has 2 aromatic rings. The van der Waals surface area contributed by atoms with E-state index in [4.69, 9.17) is 4.84 Å². The van der Waals surface area contributed by atoms with Crippen molar-refractivity contribution in [3.63, 3.8) is 0 Å². The molecule has 1 N–H and O–H groups in total. The first-order chi connectivity index (χ1) is 17.5. The Morgan fingerprint density at radius 3 is 1.50 bits per heavy atom. The minimum absolute atomic E-state index is 0. The van der Waals surface area contributed by atoms with E-state index in [1.54, 1.807) is 0 Å². The first kappa shape index (κ1) is 42.0. The van der Waals surface area contributed by atoms with E-state index in [0.29, 0.717) is 0 Å². The zero-order valence-electron chi connectivity index (χ0n) is 24.1. The highest BCUT2D eigenvalue weighted by Gasteiger charge is 2.35. The minimum Gasteiger partial charge on any atom is -0.393 e. The van der Waals surface area contributed by atoms with E-state index < -0.39 is 10.0 Å². The molecule has 0 unspecified atom stereocenters. The topological polar surface area (TPSA) is 67.8 Å². The molecule has 1 atom stereocenters. The lowest BCUT2D eigenvalue weighted by Gasteiger charge is -2.10. The molecule has 4 rings (SSSR count). The Hall–Kier alpha value is -2.44. The van der Waals surface area contributed by atoms with Crippen molar-refractivity contribution in [1.29, 1.82) is 0 Å². The van der Waals surface area contributed by atoms with Gasteiger partial charge in [-0.05, 0) is 63.5 Å². The van der Waals surface area contributed by atoms with Crippen molar-refractivity contribution in [3.05, 3.63) is 72.8 Å². The van der Waals surface area contributed by atoms with Crippen LogP contribution in [0.1, 0.15) is 108 Å². The summed E-state index contributed by atoms with van der Waals surface area (Å²) in [5, 5.41) is 4.23. The third-order valence-electron chi connectivity index (χ3n) is 6.15. The summed E-state index contributed by atoms with van der Waals surface area (Å²) in [6.45, 7) is 22.7. The highest BCUT2D eigenvalue weighted by molar-refractivity contribution is 7.90. The molecule has 0 bridgehead atoms. The van der Waals surface area contributed by atoms with E-state index in [2.05, 4.69) is 87.1 Å². The lowest BCUT2D eigenvalue weighted by atomic mass is 9.96. The Kier molecular flexibility index (Phi) is 21.5. The number of hydrogen-bond acceptors (Lipinski definition) is 4.